The third-order valence-electron chi connectivity index (χ3n) is 2.01. The van der Waals surface area contributed by atoms with Gasteiger partial charge in [-0.2, -0.15) is 0 Å². The van der Waals surface area contributed by atoms with Crippen LogP contribution in [0, 0.1) is 10.1 Å². The average Bonchev–Trinajstić information content (AvgIpc) is 2.26. The minimum atomic E-state index is -3.62. The van der Waals surface area contributed by atoms with Gasteiger partial charge in [-0.3, -0.25) is 10.1 Å². The summed E-state index contributed by atoms with van der Waals surface area (Å²) >= 11 is 0. The van der Waals surface area contributed by atoms with Gasteiger partial charge in [0.15, 0.2) is 9.84 Å². The van der Waals surface area contributed by atoms with Crippen LogP contribution in [0.1, 0.15) is 6.42 Å². The van der Waals surface area contributed by atoms with Crippen molar-refractivity contribution >= 4 is 15.5 Å². The molecule has 0 spiro atoms. The van der Waals surface area contributed by atoms with E-state index in [1.807, 2.05) is 0 Å². The van der Waals surface area contributed by atoms with E-state index in [0.717, 1.165) is 0 Å². The monoisotopic (exact) mass is 244 g/mol. The first-order chi connectivity index (χ1) is 7.49. The normalized spacial score (nSPS) is 11.3. The van der Waals surface area contributed by atoms with Crippen LogP contribution in [-0.2, 0) is 9.84 Å². The molecule has 6 nitrogen and oxygen atoms in total. The molecular formula is C9H12N2O4S. The molecule has 1 rings (SSSR count). The van der Waals surface area contributed by atoms with E-state index in [2.05, 4.69) is 0 Å². The largest absolute Gasteiger partial charge is 0.330 e. The van der Waals surface area contributed by atoms with E-state index in [1.165, 1.54) is 24.3 Å². The molecule has 0 fully saturated rings. The van der Waals surface area contributed by atoms with Gasteiger partial charge in [0.25, 0.3) is 5.69 Å². The SMILES string of the molecule is NCCCS(=O)(=O)c1ccccc1[N+](=O)[O-]. The summed E-state index contributed by atoms with van der Waals surface area (Å²) in [6.45, 7) is 0.236. The van der Waals surface area contributed by atoms with E-state index in [9.17, 15) is 18.5 Å². The second kappa shape index (κ2) is 5.04. The first kappa shape index (κ1) is 12.6. The Hall–Kier alpha value is -1.47. The number of para-hydroxylation sites is 1. The fraction of sp³-hybridized carbons (Fsp3) is 0.333. The van der Waals surface area contributed by atoms with Crippen LogP contribution in [-0.4, -0.2) is 25.6 Å². The van der Waals surface area contributed by atoms with Crippen LogP contribution in [0.15, 0.2) is 29.2 Å². The van der Waals surface area contributed by atoms with Gasteiger partial charge in [-0.1, -0.05) is 12.1 Å². The maximum Gasteiger partial charge on any atom is 0.287 e. The highest BCUT2D eigenvalue weighted by molar-refractivity contribution is 7.91. The second-order valence-electron chi connectivity index (χ2n) is 3.19. The number of nitro benzene ring substituents is 1. The highest BCUT2D eigenvalue weighted by Crippen LogP contribution is 2.24. The Bertz CT molecular complexity index is 484. The Kier molecular flexibility index (Phi) is 3.97. The smallest absolute Gasteiger partial charge is 0.287 e. The van der Waals surface area contributed by atoms with Gasteiger partial charge in [0, 0.05) is 6.07 Å². The van der Waals surface area contributed by atoms with Crippen molar-refractivity contribution < 1.29 is 13.3 Å². The molecule has 0 aliphatic carbocycles. The molecule has 0 aliphatic rings. The summed E-state index contributed by atoms with van der Waals surface area (Å²) in [7, 11) is -3.62. The predicted molar refractivity (Wildman–Crippen MR) is 58.8 cm³/mol. The number of hydrogen-bond donors (Lipinski definition) is 1. The summed E-state index contributed by atoms with van der Waals surface area (Å²) in [5.41, 5.74) is 4.82. The summed E-state index contributed by atoms with van der Waals surface area (Å²) in [6.07, 6.45) is 0.286. The van der Waals surface area contributed by atoms with Gasteiger partial charge < -0.3 is 5.73 Å². The molecule has 0 aliphatic heterocycles. The zero-order valence-electron chi connectivity index (χ0n) is 8.50. The fourth-order valence-electron chi connectivity index (χ4n) is 1.25. The van der Waals surface area contributed by atoms with Crippen LogP contribution >= 0.6 is 0 Å². The standard InChI is InChI=1S/C9H12N2O4S/c10-6-3-7-16(14,15)9-5-2-1-4-8(9)11(12)13/h1-2,4-5H,3,6-7,10H2. The minimum absolute atomic E-state index is 0.172. The topological polar surface area (TPSA) is 103 Å². The van der Waals surface area contributed by atoms with Gasteiger partial charge in [-0.15, -0.1) is 0 Å². The predicted octanol–water partition coefficient (Wildman–Crippen LogP) is 0.717. The van der Waals surface area contributed by atoms with Crippen molar-refractivity contribution in [3.63, 3.8) is 0 Å². The van der Waals surface area contributed by atoms with E-state index >= 15 is 0 Å². The molecule has 0 radical (unpaired) electrons. The maximum atomic E-state index is 11.8. The number of hydrogen-bond acceptors (Lipinski definition) is 5. The van der Waals surface area contributed by atoms with Gasteiger partial charge in [0.05, 0.1) is 10.7 Å². The Balaban J connectivity index is 3.17. The Morgan fingerprint density at radius 1 is 1.31 bits per heavy atom. The third kappa shape index (κ3) is 2.77. The fourth-order valence-corrected chi connectivity index (χ4v) is 2.77. The number of benzene rings is 1. The van der Waals surface area contributed by atoms with Crippen LogP contribution in [0.2, 0.25) is 0 Å². The maximum absolute atomic E-state index is 11.8. The number of nitro groups is 1. The molecule has 1 aromatic carbocycles. The quantitative estimate of drug-likeness (QED) is 0.607. The molecule has 16 heavy (non-hydrogen) atoms. The molecule has 0 atom stereocenters. The molecule has 0 saturated heterocycles. The van der Waals surface area contributed by atoms with Gasteiger partial charge in [0.1, 0.15) is 4.90 Å². The van der Waals surface area contributed by atoms with E-state index < -0.39 is 14.8 Å². The summed E-state index contributed by atoms with van der Waals surface area (Å²) in [5.74, 6) is -0.172. The number of sulfone groups is 1. The van der Waals surface area contributed by atoms with Crippen LogP contribution in [0.5, 0.6) is 0 Å². The van der Waals surface area contributed by atoms with Crippen molar-refractivity contribution in [3.8, 4) is 0 Å². The lowest BCUT2D eigenvalue weighted by Crippen LogP contribution is -2.12. The van der Waals surface area contributed by atoms with E-state index in [4.69, 9.17) is 5.73 Å². The Labute approximate surface area is 93.1 Å². The third-order valence-corrected chi connectivity index (χ3v) is 3.86. The van der Waals surface area contributed by atoms with Crippen molar-refractivity contribution in [2.75, 3.05) is 12.3 Å². The van der Waals surface area contributed by atoms with E-state index in [1.54, 1.807) is 0 Å². The van der Waals surface area contributed by atoms with Crippen LogP contribution < -0.4 is 5.73 Å². The lowest BCUT2D eigenvalue weighted by atomic mass is 10.3. The van der Waals surface area contributed by atoms with Gasteiger partial charge in [-0.05, 0) is 19.0 Å². The molecule has 0 saturated carbocycles. The van der Waals surface area contributed by atoms with Crippen LogP contribution in [0.25, 0.3) is 0 Å². The van der Waals surface area contributed by atoms with Crippen molar-refractivity contribution in [2.45, 2.75) is 11.3 Å². The van der Waals surface area contributed by atoms with Gasteiger partial charge in [-0.25, -0.2) is 8.42 Å². The summed E-state index contributed by atoms with van der Waals surface area (Å²) in [4.78, 5) is 9.72. The van der Waals surface area contributed by atoms with Crippen molar-refractivity contribution in [1.29, 1.82) is 0 Å². The lowest BCUT2D eigenvalue weighted by Gasteiger charge is -2.03. The first-order valence-corrected chi connectivity index (χ1v) is 6.30. The molecule has 2 N–H and O–H groups in total. The Morgan fingerprint density at radius 3 is 2.50 bits per heavy atom. The molecule has 0 bridgehead atoms. The van der Waals surface area contributed by atoms with Gasteiger partial charge >= 0.3 is 0 Å². The van der Waals surface area contributed by atoms with Crippen molar-refractivity contribution in [2.24, 2.45) is 5.73 Å². The number of nitrogens with zero attached hydrogens (tertiary/aromatic N) is 1. The van der Waals surface area contributed by atoms with Crippen molar-refractivity contribution in [3.05, 3.63) is 34.4 Å². The minimum Gasteiger partial charge on any atom is -0.330 e. The number of nitrogens with two attached hydrogens (primary N) is 1. The Morgan fingerprint density at radius 2 is 1.94 bits per heavy atom. The van der Waals surface area contributed by atoms with E-state index in [0.29, 0.717) is 0 Å². The molecule has 88 valence electrons. The highest BCUT2D eigenvalue weighted by atomic mass is 32.2. The highest BCUT2D eigenvalue weighted by Gasteiger charge is 2.24. The first-order valence-electron chi connectivity index (χ1n) is 4.65. The van der Waals surface area contributed by atoms with Crippen LogP contribution in [0.3, 0.4) is 0 Å². The molecule has 1 aromatic rings. The van der Waals surface area contributed by atoms with Gasteiger partial charge in [0.2, 0.25) is 0 Å². The zero-order chi connectivity index (χ0) is 12.2. The van der Waals surface area contributed by atoms with Crippen LogP contribution in [0.4, 0.5) is 5.69 Å². The summed E-state index contributed by atoms with van der Waals surface area (Å²) < 4.78 is 23.5. The molecule has 0 heterocycles. The van der Waals surface area contributed by atoms with Crippen molar-refractivity contribution in [1.82, 2.24) is 0 Å². The van der Waals surface area contributed by atoms with E-state index in [-0.39, 0.29) is 29.3 Å². The summed E-state index contributed by atoms with van der Waals surface area (Å²) in [5, 5.41) is 10.7. The number of rotatable bonds is 5. The second-order valence-corrected chi connectivity index (χ2v) is 5.26. The molecule has 7 heteroatoms. The average molecular weight is 244 g/mol. The molecule has 0 unspecified atom stereocenters. The summed E-state index contributed by atoms with van der Waals surface area (Å²) in [6, 6.07) is 5.31. The zero-order valence-corrected chi connectivity index (χ0v) is 9.31. The molecule has 0 aromatic heterocycles. The molecular weight excluding hydrogens is 232 g/mol. The molecule has 0 amide bonds. The lowest BCUT2D eigenvalue weighted by molar-refractivity contribution is -0.387.